The number of carbonyl (C=O) groups excluding carboxylic acids is 1. The molecule has 11 heavy (non-hydrogen) atoms. The minimum Gasteiger partial charge on any atom is -0.345 e. The van der Waals surface area contributed by atoms with Crippen molar-refractivity contribution in [2.75, 3.05) is 13.1 Å². The van der Waals surface area contributed by atoms with Crippen molar-refractivity contribution in [1.82, 2.24) is 4.90 Å². The van der Waals surface area contributed by atoms with Gasteiger partial charge < -0.3 is 4.90 Å². The Balaban J connectivity index is 3.40. The van der Waals surface area contributed by atoms with Gasteiger partial charge in [-0.1, -0.05) is 19.4 Å². The molecule has 2 nitrogen and oxygen atoms in total. The van der Waals surface area contributed by atoms with Crippen molar-refractivity contribution in [3.63, 3.8) is 0 Å². The SMILES string of the molecule is C=CCCN(C=O)CCCC. The molecule has 64 valence electrons. The van der Waals surface area contributed by atoms with Gasteiger partial charge in [0.15, 0.2) is 0 Å². The normalized spacial score (nSPS) is 9.18. The second kappa shape index (κ2) is 7.32. The summed E-state index contributed by atoms with van der Waals surface area (Å²) in [7, 11) is 0. The number of unbranched alkanes of at least 4 members (excludes halogenated alkanes) is 1. The summed E-state index contributed by atoms with van der Waals surface area (Å²) in [5.41, 5.74) is 0. The molecule has 0 spiro atoms. The number of hydrogen-bond donors (Lipinski definition) is 0. The van der Waals surface area contributed by atoms with Gasteiger partial charge in [0.25, 0.3) is 0 Å². The molecular weight excluding hydrogens is 138 g/mol. The summed E-state index contributed by atoms with van der Waals surface area (Å²) < 4.78 is 0. The summed E-state index contributed by atoms with van der Waals surface area (Å²) in [4.78, 5) is 12.2. The highest BCUT2D eigenvalue weighted by Crippen LogP contribution is 1.93. The van der Waals surface area contributed by atoms with Crippen LogP contribution in [-0.2, 0) is 4.79 Å². The zero-order chi connectivity index (χ0) is 8.53. The first-order valence-electron chi connectivity index (χ1n) is 4.15. The molecule has 0 bridgehead atoms. The lowest BCUT2D eigenvalue weighted by Gasteiger charge is -2.14. The van der Waals surface area contributed by atoms with Crippen LogP contribution in [0.4, 0.5) is 0 Å². The zero-order valence-electron chi connectivity index (χ0n) is 7.25. The van der Waals surface area contributed by atoms with Crippen molar-refractivity contribution in [1.29, 1.82) is 0 Å². The molecule has 0 aliphatic carbocycles. The molecule has 0 aromatic heterocycles. The fourth-order valence-corrected chi connectivity index (χ4v) is 0.836. The predicted octanol–water partition coefficient (Wildman–Crippen LogP) is 1.82. The Morgan fingerprint density at radius 1 is 1.45 bits per heavy atom. The van der Waals surface area contributed by atoms with Crippen molar-refractivity contribution >= 4 is 6.41 Å². The van der Waals surface area contributed by atoms with Gasteiger partial charge in [-0.3, -0.25) is 4.79 Å². The largest absolute Gasteiger partial charge is 0.345 e. The van der Waals surface area contributed by atoms with E-state index in [-0.39, 0.29) is 0 Å². The van der Waals surface area contributed by atoms with E-state index < -0.39 is 0 Å². The highest BCUT2D eigenvalue weighted by atomic mass is 16.1. The quantitative estimate of drug-likeness (QED) is 0.405. The summed E-state index contributed by atoms with van der Waals surface area (Å²) in [5.74, 6) is 0. The first-order chi connectivity index (χ1) is 5.35. The van der Waals surface area contributed by atoms with Crippen LogP contribution in [0.5, 0.6) is 0 Å². The van der Waals surface area contributed by atoms with E-state index in [0.717, 1.165) is 38.8 Å². The third kappa shape index (κ3) is 5.64. The summed E-state index contributed by atoms with van der Waals surface area (Å²) in [6.07, 6.45) is 5.87. The summed E-state index contributed by atoms with van der Waals surface area (Å²) in [5, 5.41) is 0. The molecule has 0 saturated heterocycles. The van der Waals surface area contributed by atoms with Crippen LogP contribution in [0.3, 0.4) is 0 Å². The lowest BCUT2D eigenvalue weighted by atomic mass is 10.3. The van der Waals surface area contributed by atoms with Gasteiger partial charge in [-0.05, 0) is 12.8 Å². The molecule has 0 aromatic carbocycles. The average Bonchev–Trinajstić information content (AvgIpc) is 2.05. The number of amides is 1. The van der Waals surface area contributed by atoms with E-state index in [1.165, 1.54) is 0 Å². The van der Waals surface area contributed by atoms with E-state index in [2.05, 4.69) is 13.5 Å². The molecule has 0 aromatic rings. The van der Waals surface area contributed by atoms with Gasteiger partial charge >= 0.3 is 0 Å². The minimum absolute atomic E-state index is 0.812. The smallest absolute Gasteiger partial charge is 0.209 e. The number of nitrogens with zero attached hydrogens (tertiary/aromatic N) is 1. The fraction of sp³-hybridized carbons (Fsp3) is 0.667. The van der Waals surface area contributed by atoms with Crippen molar-refractivity contribution in [2.24, 2.45) is 0 Å². The van der Waals surface area contributed by atoms with Crippen molar-refractivity contribution in [3.8, 4) is 0 Å². The van der Waals surface area contributed by atoms with Crippen LogP contribution in [0, 0.1) is 0 Å². The standard InChI is InChI=1S/C9H17NO/c1-3-5-7-10(9-11)8-6-4-2/h3,9H,1,4-8H2,2H3. The van der Waals surface area contributed by atoms with Gasteiger partial charge in [0, 0.05) is 13.1 Å². The van der Waals surface area contributed by atoms with Gasteiger partial charge in [0.2, 0.25) is 6.41 Å². The van der Waals surface area contributed by atoms with Crippen molar-refractivity contribution in [2.45, 2.75) is 26.2 Å². The zero-order valence-corrected chi connectivity index (χ0v) is 7.25. The van der Waals surface area contributed by atoms with E-state index in [4.69, 9.17) is 0 Å². The Kier molecular flexibility index (Phi) is 6.79. The maximum atomic E-state index is 10.4. The molecular formula is C9H17NO. The Morgan fingerprint density at radius 2 is 2.18 bits per heavy atom. The van der Waals surface area contributed by atoms with Gasteiger partial charge in [0.05, 0.1) is 0 Å². The molecule has 0 unspecified atom stereocenters. The summed E-state index contributed by atoms with van der Waals surface area (Å²) in [6, 6.07) is 0. The van der Waals surface area contributed by atoms with E-state index in [0.29, 0.717) is 0 Å². The molecule has 2 heteroatoms. The van der Waals surface area contributed by atoms with E-state index >= 15 is 0 Å². The van der Waals surface area contributed by atoms with Gasteiger partial charge in [-0.2, -0.15) is 0 Å². The maximum Gasteiger partial charge on any atom is 0.209 e. The van der Waals surface area contributed by atoms with Crippen molar-refractivity contribution in [3.05, 3.63) is 12.7 Å². The van der Waals surface area contributed by atoms with Crippen LogP contribution in [0.1, 0.15) is 26.2 Å². The van der Waals surface area contributed by atoms with Crippen LogP contribution in [0.25, 0.3) is 0 Å². The molecule has 0 radical (unpaired) electrons. The second-order valence-corrected chi connectivity index (χ2v) is 2.57. The fourth-order valence-electron chi connectivity index (χ4n) is 0.836. The third-order valence-corrected chi connectivity index (χ3v) is 1.57. The average molecular weight is 155 g/mol. The molecule has 0 saturated carbocycles. The van der Waals surface area contributed by atoms with Crippen LogP contribution in [0.2, 0.25) is 0 Å². The highest BCUT2D eigenvalue weighted by Gasteiger charge is 1.97. The van der Waals surface area contributed by atoms with Gasteiger partial charge in [-0.15, -0.1) is 6.58 Å². The first kappa shape index (κ1) is 10.2. The lowest BCUT2D eigenvalue weighted by Crippen LogP contribution is -2.23. The lowest BCUT2D eigenvalue weighted by molar-refractivity contribution is -0.118. The Hall–Kier alpha value is -0.790. The van der Waals surface area contributed by atoms with E-state index in [1.807, 2.05) is 6.08 Å². The molecule has 0 N–H and O–H groups in total. The Bertz CT molecular complexity index is 112. The predicted molar refractivity (Wildman–Crippen MR) is 47.4 cm³/mol. The van der Waals surface area contributed by atoms with E-state index in [9.17, 15) is 4.79 Å². The summed E-state index contributed by atoms with van der Waals surface area (Å²) >= 11 is 0. The summed E-state index contributed by atoms with van der Waals surface area (Å²) in [6.45, 7) is 7.42. The molecule has 0 aliphatic rings. The van der Waals surface area contributed by atoms with Gasteiger partial charge in [0.1, 0.15) is 0 Å². The van der Waals surface area contributed by atoms with Crippen LogP contribution in [0.15, 0.2) is 12.7 Å². The second-order valence-electron chi connectivity index (χ2n) is 2.57. The number of carbonyl (C=O) groups is 1. The van der Waals surface area contributed by atoms with E-state index in [1.54, 1.807) is 4.90 Å². The first-order valence-corrected chi connectivity index (χ1v) is 4.15. The maximum absolute atomic E-state index is 10.4. The Labute approximate surface area is 68.9 Å². The molecule has 0 atom stereocenters. The van der Waals surface area contributed by atoms with Crippen LogP contribution >= 0.6 is 0 Å². The van der Waals surface area contributed by atoms with Crippen LogP contribution in [-0.4, -0.2) is 24.4 Å². The van der Waals surface area contributed by atoms with Crippen molar-refractivity contribution < 1.29 is 4.79 Å². The minimum atomic E-state index is 0.812. The number of rotatable bonds is 7. The molecule has 0 heterocycles. The number of hydrogen-bond acceptors (Lipinski definition) is 1. The topological polar surface area (TPSA) is 20.3 Å². The van der Waals surface area contributed by atoms with Gasteiger partial charge in [-0.25, -0.2) is 0 Å². The van der Waals surface area contributed by atoms with Crippen LogP contribution < -0.4 is 0 Å². The third-order valence-electron chi connectivity index (χ3n) is 1.57. The molecule has 1 amide bonds. The highest BCUT2D eigenvalue weighted by molar-refractivity contribution is 5.46. The monoisotopic (exact) mass is 155 g/mol. The molecule has 0 aliphatic heterocycles. The molecule has 0 fully saturated rings. The Morgan fingerprint density at radius 3 is 2.64 bits per heavy atom. The molecule has 0 rings (SSSR count).